The fourth-order valence-electron chi connectivity index (χ4n) is 3.67. The number of fused-ring (bicyclic) bond motifs is 2. The predicted molar refractivity (Wildman–Crippen MR) is 104 cm³/mol. The van der Waals surface area contributed by atoms with Crippen molar-refractivity contribution in [1.29, 1.82) is 0 Å². The van der Waals surface area contributed by atoms with E-state index >= 15 is 0 Å². The van der Waals surface area contributed by atoms with Gasteiger partial charge in [-0.05, 0) is 37.3 Å². The minimum atomic E-state index is -0.931. The zero-order valence-corrected chi connectivity index (χ0v) is 14.9. The van der Waals surface area contributed by atoms with Crippen molar-refractivity contribution in [2.75, 3.05) is 5.73 Å². The van der Waals surface area contributed by atoms with Crippen LogP contribution in [0.4, 0.5) is 5.69 Å². The van der Waals surface area contributed by atoms with E-state index in [1.807, 2.05) is 59.9 Å². The van der Waals surface area contributed by atoms with Crippen molar-refractivity contribution in [3.63, 3.8) is 0 Å². The third-order valence-electron chi connectivity index (χ3n) is 4.88. The third kappa shape index (κ3) is 2.77. The Morgan fingerprint density at radius 2 is 1.70 bits per heavy atom. The van der Waals surface area contributed by atoms with Crippen LogP contribution < -0.4 is 11.4 Å². The molecule has 1 aromatic carbocycles. The summed E-state index contributed by atoms with van der Waals surface area (Å²) in [5.74, 6) is -0.931. The fraction of sp³-hybridized carbons (Fsp3) is 0.200. The Labute approximate surface area is 154 Å². The number of carboxylic acid groups (broad SMARTS) is 1. The molecule has 0 aliphatic rings. The highest BCUT2D eigenvalue weighted by molar-refractivity contribution is 5.77. The Morgan fingerprint density at radius 1 is 1.04 bits per heavy atom. The predicted octanol–water partition coefficient (Wildman–Crippen LogP) is 2.47. The summed E-state index contributed by atoms with van der Waals surface area (Å²) in [5, 5.41) is 8.99. The number of para-hydroxylation sites is 2. The number of rotatable bonds is 5. The first-order valence-electron chi connectivity index (χ1n) is 8.72. The number of anilines is 1. The summed E-state index contributed by atoms with van der Waals surface area (Å²) >= 11 is 0. The standard InChI is InChI=1S/C20H20N4O3/c1-13-5-4-8-16-15(21)11-14(24(13)16)12-23-18-7-3-2-6-17(18)22(20(23)27)10-9-19(25)26/h2-8,11H,9-10,12,21H2,1H3,(H,25,26). The number of hydrogen-bond donors (Lipinski definition) is 2. The molecule has 0 aliphatic heterocycles. The first-order valence-corrected chi connectivity index (χ1v) is 8.72. The highest BCUT2D eigenvalue weighted by Crippen LogP contribution is 2.23. The smallest absolute Gasteiger partial charge is 0.329 e. The van der Waals surface area contributed by atoms with Crippen LogP contribution in [-0.2, 0) is 17.9 Å². The molecule has 138 valence electrons. The molecule has 0 fully saturated rings. The lowest BCUT2D eigenvalue weighted by molar-refractivity contribution is -0.137. The first kappa shape index (κ1) is 17.0. The van der Waals surface area contributed by atoms with Crippen LogP contribution in [0.2, 0.25) is 0 Å². The first-order chi connectivity index (χ1) is 13.0. The monoisotopic (exact) mass is 364 g/mol. The summed E-state index contributed by atoms with van der Waals surface area (Å²) < 4.78 is 5.24. The van der Waals surface area contributed by atoms with Gasteiger partial charge in [-0.25, -0.2) is 4.79 Å². The molecule has 0 amide bonds. The summed E-state index contributed by atoms with van der Waals surface area (Å²) in [6.45, 7) is 2.48. The van der Waals surface area contributed by atoms with Crippen LogP contribution in [0.25, 0.3) is 16.6 Å². The van der Waals surface area contributed by atoms with E-state index in [1.165, 1.54) is 4.57 Å². The molecule has 0 saturated carbocycles. The van der Waals surface area contributed by atoms with Gasteiger partial charge in [0.25, 0.3) is 0 Å². The number of aryl methyl sites for hydroxylation is 2. The molecule has 4 aromatic rings. The topological polar surface area (TPSA) is 94.7 Å². The van der Waals surface area contributed by atoms with Crippen LogP contribution in [-0.4, -0.2) is 24.6 Å². The van der Waals surface area contributed by atoms with E-state index < -0.39 is 5.97 Å². The number of nitrogens with two attached hydrogens (primary N) is 1. The number of imidazole rings is 1. The van der Waals surface area contributed by atoms with Gasteiger partial charge in [-0.3, -0.25) is 13.9 Å². The molecule has 3 aromatic heterocycles. The van der Waals surface area contributed by atoms with Gasteiger partial charge in [0.05, 0.1) is 35.2 Å². The molecule has 0 aliphatic carbocycles. The van der Waals surface area contributed by atoms with Crippen LogP contribution in [0.1, 0.15) is 17.8 Å². The molecule has 0 radical (unpaired) electrons. The SMILES string of the molecule is Cc1cccc2c(N)cc(Cn3c(=O)n(CCC(=O)O)c4ccccc43)n12. The van der Waals surface area contributed by atoms with E-state index in [9.17, 15) is 9.59 Å². The molecule has 7 nitrogen and oxygen atoms in total. The Balaban J connectivity index is 1.87. The molecule has 3 N–H and O–H groups in total. The van der Waals surface area contributed by atoms with Crippen LogP contribution in [0.5, 0.6) is 0 Å². The number of aliphatic carboxylic acids is 1. The van der Waals surface area contributed by atoms with Crippen LogP contribution in [0, 0.1) is 6.92 Å². The van der Waals surface area contributed by atoms with Gasteiger partial charge in [0.2, 0.25) is 0 Å². The normalized spacial score (nSPS) is 11.4. The number of carbonyl (C=O) groups is 1. The van der Waals surface area contributed by atoms with Gasteiger partial charge in [0.1, 0.15) is 0 Å². The second-order valence-electron chi connectivity index (χ2n) is 6.63. The molecular weight excluding hydrogens is 344 g/mol. The number of hydrogen-bond acceptors (Lipinski definition) is 3. The molecule has 0 spiro atoms. The van der Waals surface area contributed by atoms with Gasteiger partial charge in [0, 0.05) is 17.9 Å². The summed E-state index contributed by atoms with van der Waals surface area (Å²) in [4.78, 5) is 24.0. The van der Waals surface area contributed by atoms with E-state index in [1.54, 1.807) is 4.57 Å². The average molecular weight is 364 g/mol. The Morgan fingerprint density at radius 3 is 2.41 bits per heavy atom. The van der Waals surface area contributed by atoms with E-state index in [2.05, 4.69) is 0 Å². The van der Waals surface area contributed by atoms with Gasteiger partial charge in [-0.1, -0.05) is 18.2 Å². The zero-order chi connectivity index (χ0) is 19.1. The van der Waals surface area contributed by atoms with E-state index in [4.69, 9.17) is 10.8 Å². The van der Waals surface area contributed by atoms with Gasteiger partial charge >= 0.3 is 11.7 Å². The average Bonchev–Trinajstić information content (AvgIpc) is 3.10. The molecule has 7 heteroatoms. The maximum atomic E-state index is 13.0. The molecule has 0 saturated heterocycles. The van der Waals surface area contributed by atoms with Crippen molar-refractivity contribution >= 4 is 28.2 Å². The maximum absolute atomic E-state index is 13.0. The summed E-state index contributed by atoms with van der Waals surface area (Å²) in [6.07, 6.45) is -0.103. The molecule has 27 heavy (non-hydrogen) atoms. The summed E-state index contributed by atoms with van der Waals surface area (Å²) in [7, 11) is 0. The molecule has 3 heterocycles. The number of aromatic nitrogens is 3. The minimum Gasteiger partial charge on any atom is -0.481 e. The highest BCUT2D eigenvalue weighted by atomic mass is 16.4. The number of nitrogens with zero attached hydrogens (tertiary/aromatic N) is 3. The van der Waals surface area contributed by atoms with Crippen molar-refractivity contribution < 1.29 is 9.90 Å². The molecule has 0 unspecified atom stereocenters. The largest absolute Gasteiger partial charge is 0.481 e. The van der Waals surface area contributed by atoms with Gasteiger partial charge < -0.3 is 15.2 Å². The van der Waals surface area contributed by atoms with Crippen LogP contribution >= 0.6 is 0 Å². The molecular formula is C20H20N4O3. The number of carboxylic acids is 1. The Kier molecular flexibility index (Phi) is 3.99. The lowest BCUT2D eigenvalue weighted by Crippen LogP contribution is -2.26. The lowest BCUT2D eigenvalue weighted by Gasteiger charge is -2.07. The number of benzene rings is 1. The van der Waals surface area contributed by atoms with Crippen LogP contribution in [0.3, 0.4) is 0 Å². The lowest BCUT2D eigenvalue weighted by atomic mass is 10.3. The van der Waals surface area contributed by atoms with Gasteiger partial charge in [0.15, 0.2) is 0 Å². The van der Waals surface area contributed by atoms with E-state index in [-0.39, 0.29) is 18.7 Å². The van der Waals surface area contributed by atoms with Crippen molar-refractivity contribution in [2.24, 2.45) is 0 Å². The Hall–Kier alpha value is -3.48. The number of nitrogen functional groups attached to an aromatic ring is 1. The Bertz CT molecular complexity index is 1230. The van der Waals surface area contributed by atoms with Gasteiger partial charge in [-0.2, -0.15) is 0 Å². The molecule has 0 bridgehead atoms. The second-order valence-corrected chi connectivity index (χ2v) is 6.63. The maximum Gasteiger partial charge on any atom is 0.329 e. The zero-order valence-electron chi connectivity index (χ0n) is 14.9. The van der Waals surface area contributed by atoms with Gasteiger partial charge in [-0.15, -0.1) is 0 Å². The summed E-state index contributed by atoms with van der Waals surface area (Å²) in [5.41, 5.74) is 10.9. The quantitative estimate of drug-likeness (QED) is 0.569. The van der Waals surface area contributed by atoms with Crippen molar-refractivity contribution in [1.82, 2.24) is 13.5 Å². The second kappa shape index (κ2) is 6.35. The van der Waals surface area contributed by atoms with Crippen molar-refractivity contribution in [2.45, 2.75) is 26.4 Å². The highest BCUT2D eigenvalue weighted by Gasteiger charge is 2.16. The molecule has 4 rings (SSSR count). The van der Waals surface area contributed by atoms with Crippen LogP contribution in [0.15, 0.2) is 53.3 Å². The molecule has 0 atom stereocenters. The fourth-order valence-corrected chi connectivity index (χ4v) is 3.67. The third-order valence-corrected chi connectivity index (χ3v) is 4.88. The van der Waals surface area contributed by atoms with E-state index in [0.717, 1.165) is 27.9 Å². The van der Waals surface area contributed by atoms with Crippen molar-refractivity contribution in [3.05, 3.63) is 70.4 Å². The van der Waals surface area contributed by atoms with E-state index in [0.29, 0.717) is 12.2 Å². The number of pyridine rings is 1. The van der Waals surface area contributed by atoms with Crippen molar-refractivity contribution in [3.8, 4) is 0 Å². The minimum absolute atomic E-state index is 0.103. The summed E-state index contributed by atoms with van der Waals surface area (Å²) in [6, 6.07) is 15.2.